The summed E-state index contributed by atoms with van der Waals surface area (Å²) >= 11 is 0. The number of rotatable bonds is 4. The third-order valence-electron chi connectivity index (χ3n) is 4.28. The molecule has 0 saturated carbocycles. The van der Waals surface area contributed by atoms with Gasteiger partial charge in [-0.15, -0.1) is 0 Å². The van der Waals surface area contributed by atoms with Crippen molar-refractivity contribution in [1.29, 1.82) is 0 Å². The molecule has 2 aliphatic heterocycles. The van der Waals surface area contributed by atoms with Crippen LogP contribution in [0.15, 0.2) is 35.1 Å². The minimum Gasteiger partial charge on any atom is -0.454 e. The number of aromatic nitrogens is 1. The average Bonchev–Trinajstić information content (AvgIpc) is 3.24. The van der Waals surface area contributed by atoms with Crippen LogP contribution in [-0.4, -0.2) is 31.1 Å². The maximum absolute atomic E-state index is 5.45. The third kappa shape index (κ3) is 2.74. The van der Waals surface area contributed by atoms with E-state index in [0.29, 0.717) is 12.8 Å². The molecule has 1 aromatic carbocycles. The van der Waals surface area contributed by atoms with Gasteiger partial charge in [0, 0.05) is 43.5 Å². The van der Waals surface area contributed by atoms with Crippen molar-refractivity contribution in [2.75, 3.05) is 24.8 Å². The second kappa shape index (κ2) is 5.88. The Morgan fingerprint density at radius 1 is 1.14 bits per heavy atom. The monoisotopic (exact) mass is 301 g/mol. The van der Waals surface area contributed by atoms with E-state index in [0.717, 1.165) is 49.7 Å². The second-order valence-corrected chi connectivity index (χ2v) is 5.67. The Balaban J connectivity index is 1.32. The van der Waals surface area contributed by atoms with Gasteiger partial charge in [0.1, 0.15) is 6.26 Å². The molecule has 0 spiro atoms. The molecule has 0 aliphatic carbocycles. The number of piperidine rings is 1. The van der Waals surface area contributed by atoms with E-state index in [1.165, 1.54) is 5.69 Å². The lowest BCUT2D eigenvalue weighted by Gasteiger charge is -2.34. The number of fused-ring (bicyclic) bond motifs is 1. The molecular formula is C16H19N3O3. The lowest BCUT2D eigenvalue weighted by atomic mass is 10.0. The molecular weight excluding hydrogens is 282 g/mol. The SMILES string of the molecule is c1cc(CNC2CCN(c3ccc4c(c3)OCO4)CC2)no1. The van der Waals surface area contributed by atoms with Gasteiger partial charge >= 0.3 is 0 Å². The molecule has 6 nitrogen and oxygen atoms in total. The molecule has 1 N–H and O–H groups in total. The molecule has 0 atom stereocenters. The first-order valence-electron chi connectivity index (χ1n) is 7.66. The van der Waals surface area contributed by atoms with Crippen molar-refractivity contribution in [2.45, 2.75) is 25.4 Å². The second-order valence-electron chi connectivity index (χ2n) is 5.67. The van der Waals surface area contributed by atoms with Gasteiger partial charge in [0.05, 0.1) is 5.69 Å². The average molecular weight is 301 g/mol. The maximum atomic E-state index is 5.45. The summed E-state index contributed by atoms with van der Waals surface area (Å²) in [5, 5.41) is 7.47. The quantitative estimate of drug-likeness (QED) is 0.934. The van der Waals surface area contributed by atoms with Crippen molar-refractivity contribution in [2.24, 2.45) is 0 Å². The molecule has 4 rings (SSSR count). The standard InChI is InChI=1S/C16H19N3O3/c1-2-15-16(21-11-20-15)9-14(1)19-6-3-12(4-7-19)17-10-13-5-8-22-18-13/h1-2,5,8-9,12,17H,3-4,6-7,10-11H2. The predicted molar refractivity (Wildman–Crippen MR) is 81.1 cm³/mol. The van der Waals surface area contributed by atoms with E-state index in [9.17, 15) is 0 Å². The Labute approximate surface area is 129 Å². The minimum absolute atomic E-state index is 0.326. The van der Waals surface area contributed by atoms with Crippen molar-refractivity contribution in [3.8, 4) is 11.5 Å². The minimum atomic E-state index is 0.326. The molecule has 22 heavy (non-hydrogen) atoms. The van der Waals surface area contributed by atoms with Crippen LogP contribution < -0.4 is 19.7 Å². The number of anilines is 1. The molecule has 0 unspecified atom stereocenters. The molecule has 2 aliphatic rings. The van der Waals surface area contributed by atoms with Crippen molar-refractivity contribution in [3.63, 3.8) is 0 Å². The molecule has 0 radical (unpaired) electrons. The highest BCUT2D eigenvalue weighted by Gasteiger charge is 2.21. The van der Waals surface area contributed by atoms with Gasteiger partial charge in [-0.2, -0.15) is 0 Å². The summed E-state index contributed by atoms with van der Waals surface area (Å²) in [5.41, 5.74) is 2.16. The highest BCUT2D eigenvalue weighted by molar-refractivity contribution is 5.57. The molecule has 0 amide bonds. The molecule has 2 aromatic rings. The Bertz CT molecular complexity index is 622. The molecule has 6 heteroatoms. The van der Waals surface area contributed by atoms with Crippen LogP contribution in [0.3, 0.4) is 0 Å². The molecule has 3 heterocycles. The van der Waals surface area contributed by atoms with Gasteiger partial charge in [0.2, 0.25) is 6.79 Å². The van der Waals surface area contributed by atoms with Gasteiger partial charge in [0.15, 0.2) is 11.5 Å². The largest absolute Gasteiger partial charge is 0.454 e. The summed E-state index contributed by atoms with van der Waals surface area (Å²) in [5.74, 6) is 1.69. The summed E-state index contributed by atoms with van der Waals surface area (Å²) in [4.78, 5) is 2.40. The van der Waals surface area contributed by atoms with Crippen LogP contribution in [0.5, 0.6) is 11.5 Å². The number of nitrogens with one attached hydrogen (secondary N) is 1. The number of nitrogens with zero attached hydrogens (tertiary/aromatic N) is 2. The fourth-order valence-corrected chi connectivity index (χ4v) is 3.00. The lowest BCUT2D eigenvalue weighted by molar-refractivity contribution is 0.174. The number of hydrogen-bond acceptors (Lipinski definition) is 6. The van der Waals surface area contributed by atoms with E-state index in [1.807, 2.05) is 12.1 Å². The van der Waals surface area contributed by atoms with Crippen LogP contribution in [0, 0.1) is 0 Å². The summed E-state index contributed by atoms with van der Waals surface area (Å²) < 4.78 is 15.7. The van der Waals surface area contributed by atoms with Crippen LogP contribution in [0.4, 0.5) is 5.69 Å². The topological polar surface area (TPSA) is 59.8 Å². The molecule has 1 fully saturated rings. The van der Waals surface area contributed by atoms with E-state index in [2.05, 4.69) is 27.5 Å². The fraction of sp³-hybridized carbons (Fsp3) is 0.438. The van der Waals surface area contributed by atoms with Crippen LogP contribution >= 0.6 is 0 Å². The predicted octanol–water partition coefficient (Wildman–Crippen LogP) is 2.16. The van der Waals surface area contributed by atoms with Gasteiger partial charge in [0.25, 0.3) is 0 Å². The first-order chi connectivity index (χ1) is 10.9. The molecule has 0 bridgehead atoms. The van der Waals surface area contributed by atoms with Crippen LogP contribution in [0.1, 0.15) is 18.5 Å². The number of benzene rings is 1. The van der Waals surface area contributed by atoms with Crippen molar-refractivity contribution in [1.82, 2.24) is 10.5 Å². The van der Waals surface area contributed by atoms with Crippen molar-refractivity contribution >= 4 is 5.69 Å². The Morgan fingerprint density at radius 3 is 2.82 bits per heavy atom. The van der Waals surface area contributed by atoms with Gasteiger partial charge in [-0.3, -0.25) is 0 Å². The van der Waals surface area contributed by atoms with E-state index < -0.39 is 0 Å². The number of ether oxygens (including phenoxy) is 2. The third-order valence-corrected chi connectivity index (χ3v) is 4.28. The zero-order chi connectivity index (χ0) is 14.8. The molecule has 116 valence electrons. The van der Waals surface area contributed by atoms with Crippen LogP contribution in [-0.2, 0) is 6.54 Å². The lowest BCUT2D eigenvalue weighted by Crippen LogP contribution is -2.42. The van der Waals surface area contributed by atoms with E-state index in [-0.39, 0.29) is 0 Å². The normalized spacial score (nSPS) is 17.9. The fourth-order valence-electron chi connectivity index (χ4n) is 3.00. The van der Waals surface area contributed by atoms with Crippen molar-refractivity contribution < 1.29 is 14.0 Å². The summed E-state index contributed by atoms with van der Waals surface area (Å²) in [6, 6.07) is 8.60. The van der Waals surface area contributed by atoms with E-state index in [4.69, 9.17) is 14.0 Å². The van der Waals surface area contributed by atoms with Crippen molar-refractivity contribution in [3.05, 3.63) is 36.2 Å². The van der Waals surface area contributed by atoms with E-state index >= 15 is 0 Å². The molecule has 1 saturated heterocycles. The summed E-state index contributed by atoms with van der Waals surface area (Å²) in [7, 11) is 0. The van der Waals surface area contributed by atoms with E-state index in [1.54, 1.807) is 6.26 Å². The summed E-state index contributed by atoms with van der Waals surface area (Å²) in [6.07, 6.45) is 3.85. The highest BCUT2D eigenvalue weighted by Crippen LogP contribution is 2.36. The van der Waals surface area contributed by atoms with Gasteiger partial charge in [-0.1, -0.05) is 5.16 Å². The Morgan fingerprint density at radius 2 is 2.00 bits per heavy atom. The Hall–Kier alpha value is -2.21. The summed E-state index contributed by atoms with van der Waals surface area (Å²) in [6.45, 7) is 3.17. The maximum Gasteiger partial charge on any atom is 0.231 e. The van der Waals surface area contributed by atoms with Crippen LogP contribution in [0.2, 0.25) is 0 Å². The van der Waals surface area contributed by atoms with Gasteiger partial charge < -0.3 is 24.2 Å². The number of hydrogen-bond donors (Lipinski definition) is 1. The highest BCUT2D eigenvalue weighted by atomic mass is 16.7. The zero-order valence-corrected chi connectivity index (χ0v) is 12.3. The van der Waals surface area contributed by atoms with Gasteiger partial charge in [-0.25, -0.2) is 0 Å². The van der Waals surface area contributed by atoms with Crippen LogP contribution in [0.25, 0.3) is 0 Å². The smallest absolute Gasteiger partial charge is 0.231 e. The van der Waals surface area contributed by atoms with Gasteiger partial charge in [-0.05, 0) is 25.0 Å². The zero-order valence-electron chi connectivity index (χ0n) is 12.3. The molecule has 1 aromatic heterocycles. The first kappa shape index (κ1) is 13.5. The first-order valence-corrected chi connectivity index (χ1v) is 7.66. The Kier molecular flexibility index (Phi) is 3.60.